The minimum absolute atomic E-state index is 0.267. The highest BCUT2D eigenvalue weighted by Crippen LogP contribution is 2.25. The number of rotatable bonds is 7. The van der Waals surface area contributed by atoms with Gasteiger partial charge in [-0.3, -0.25) is 4.90 Å². The van der Waals surface area contributed by atoms with Crippen molar-refractivity contribution in [3.63, 3.8) is 0 Å². The summed E-state index contributed by atoms with van der Waals surface area (Å²) in [5.41, 5.74) is 1.02. The van der Waals surface area contributed by atoms with Crippen LogP contribution in [0.4, 0.5) is 16.8 Å². The van der Waals surface area contributed by atoms with Gasteiger partial charge in [-0.1, -0.05) is 36.5 Å². The lowest BCUT2D eigenvalue weighted by Crippen LogP contribution is -2.46. The lowest BCUT2D eigenvalue weighted by atomic mass is 10.2. The zero-order valence-electron chi connectivity index (χ0n) is 18.0. The number of anilines is 3. The quantitative estimate of drug-likeness (QED) is 0.569. The number of nitrogens with one attached hydrogen (secondary N) is 1. The molecule has 0 aliphatic carbocycles. The van der Waals surface area contributed by atoms with E-state index in [1.807, 2.05) is 43.5 Å². The molecule has 1 saturated heterocycles. The fraction of sp³-hybridized carbons (Fsp3) is 0.348. The summed E-state index contributed by atoms with van der Waals surface area (Å²) in [5.74, 6) is 2.75. The van der Waals surface area contributed by atoms with Crippen LogP contribution in [0.2, 0.25) is 0 Å². The number of nitrogens with zero attached hydrogens (tertiary/aromatic N) is 5. The van der Waals surface area contributed by atoms with E-state index in [1.165, 1.54) is 6.42 Å². The number of hydrogen-bond acceptors (Lipinski definition) is 8. The third-order valence-electron chi connectivity index (χ3n) is 5.15. The van der Waals surface area contributed by atoms with Crippen molar-refractivity contribution in [1.82, 2.24) is 19.9 Å². The number of aromatic hydroxyl groups is 1. The average Bonchev–Trinajstić information content (AvgIpc) is 3.21. The van der Waals surface area contributed by atoms with E-state index < -0.39 is 0 Å². The van der Waals surface area contributed by atoms with Crippen molar-refractivity contribution in [2.75, 3.05) is 42.9 Å². The number of hydrogen-bond donors (Lipinski definition) is 2. The van der Waals surface area contributed by atoms with Gasteiger partial charge in [-0.15, -0.1) is 0 Å². The van der Waals surface area contributed by atoms with Crippen LogP contribution in [0.25, 0.3) is 12.2 Å². The summed E-state index contributed by atoms with van der Waals surface area (Å²) >= 11 is 1.56. The molecular formula is C23H28N6OS. The van der Waals surface area contributed by atoms with Crippen molar-refractivity contribution in [3.05, 3.63) is 52.8 Å². The first-order valence-corrected chi connectivity index (χ1v) is 11.4. The highest BCUT2D eigenvalue weighted by Gasteiger charge is 2.18. The molecule has 1 aliphatic rings. The first-order valence-electron chi connectivity index (χ1n) is 10.6. The van der Waals surface area contributed by atoms with Crippen molar-refractivity contribution >= 4 is 40.3 Å². The highest BCUT2D eigenvalue weighted by atomic mass is 32.1. The van der Waals surface area contributed by atoms with Crippen molar-refractivity contribution < 1.29 is 5.11 Å². The van der Waals surface area contributed by atoms with Gasteiger partial charge in [-0.25, -0.2) is 15.0 Å². The van der Waals surface area contributed by atoms with Crippen molar-refractivity contribution in [2.24, 2.45) is 0 Å². The maximum atomic E-state index is 9.39. The normalized spacial score (nSPS) is 15.0. The van der Waals surface area contributed by atoms with Crippen molar-refractivity contribution in [1.29, 1.82) is 0 Å². The first kappa shape index (κ1) is 21.3. The van der Waals surface area contributed by atoms with Gasteiger partial charge in [0.1, 0.15) is 23.2 Å². The Bertz CT molecular complexity index is 1020. The van der Waals surface area contributed by atoms with Crippen molar-refractivity contribution in [3.8, 4) is 5.75 Å². The molecule has 7 nitrogen and oxygen atoms in total. The Morgan fingerprint density at radius 3 is 2.61 bits per heavy atom. The van der Waals surface area contributed by atoms with Crippen molar-refractivity contribution in [2.45, 2.75) is 20.3 Å². The van der Waals surface area contributed by atoms with Gasteiger partial charge in [0.25, 0.3) is 0 Å². The molecule has 8 heteroatoms. The molecule has 31 heavy (non-hydrogen) atoms. The van der Waals surface area contributed by atoms with Gasteiger partial charge in [-0.2, -0.15) is 0 Å². The van der Waals surface area contributed by atoms with E-state index in [4.69, 9.17) is 0 Å². The minimum Gasteiger partial charge on any atom is -0.508 e. The van der Waals surface area contributed by atoms with Crippen LogP contribution in [0.15, 0.2) is 36.5 Å². The predicted molar refractivity (Wildman–Crippen MR) is 128 cm³/mol. The highest BCUT2D eigenvalue weighted by molar-refractivity contribution is 7.16. The van der Waals surface area contributed by atoms with Crippen LogP contribution in [0.1, 0.15) is 29.6 Å². The van der Waals surface area contributed by atoms with Gasteiger partial charge in [0.15, 0.2) is 5.13 Å². The summed E-state index contributed by atoms with van der Waals surface area (Å²) in [6.45, 7) is 9.43. The van der Waals surface area contributed by atoms with Crippen LogP contribution in [-0.2, 0) is 0 Å². The Hall–Kier alpha value is -2.97. The summed E-state index contributed by atoms with van der Waals surface area (Å²) in [6.07, 6.45) is 7.05. The van der Waals surface area contributed by atoms with Gasteiger partial charge in [0.2, 0.25) is 0 Å². The lowest BCUT2D eigenvalue weighted by molar-refractivity contribution is 0.258. The molecule has 162 valence electrons. The predicted octanol–water partition coefficient (Wildman–Crippen LogP) is 4.39. The second-order valence-electron chi connectivity index (χ2n) is 7.60. The summed E-state index contributed by atoms with van der Waals surface area (Å²) < 4.78 is 0. The zero-order valence-corrected chi connectivity index (χ0v) is 18.8. The molecule has 2 N–H and O–H groups in total. The second-order valence-corrected chi connectivity index (χ2v) is 8.67. The van der Waals surface area contributed by atoms with E-state index in [-0.39, 0.29) is 5.75 Å². The van der Waals surface area contributed by atoms with Gasteiger partial charge in [-0.05, 0) is 43.7 Å². The second kappa shape index (κ2) is 9.89. The summed E-state index contributed by atoms with van der Waals surface area (Å²) in [6, 6.07) is 9.12. The van der Waals surface area contributed by atoms with E-state index >= 15 is 0 Å². The smallest absolute Gasteiger partial charge is 0.188 e. The largest absolute Gasteiger partial charge is 0.508 e. The monoisotopic (exact) mass is 436 g/mol. The molecule has 0 amide bonds. The fourth-order valence-corrected chi connectivity index (χ4v) is 4.32. The van der Waals surface area contributed by atoms with Crippen LogP contribution in [0.5, 0.6) is 5.75 Å². The summed E-state index contributed by atoms with van der Waals surface area (Å²) in [5, 5.41) is 13.5. The van der Waals surface area contributed by atoms with Crippen LogP contribution in [-0.4, -0.2) is 57.7 Å². The number of phenolic OH excluding ortho intramolecular Hbond substituents is 1. The number of phenols is 1. The molecule has 1 aliphatic heterocycles. The van der Waals surface area contributed by atoms with E-state index in [0.717, 1.165) is 65.8 Å². The number of aromatic nitrogens is 3. The molecule has 3 heterocycles. The van der Waals surface area contributed by atoms with Gasteiger partial charge in [0.05, 0.1) is 0 Å². The summed E-state index contributed by atoms with van der Waals surface area (Å²) in [4.78, 5) is 19.6. The molecular weight excluding hydrogens is 408 g/mol. The number of aryl methyl sites for hydroxylation is 1. The van der Waals surface area contributed by atoms with Gasteiger partial charge in [0, 0.05) is 43.3 Å². The topological polar surface area (TPSA) is 77.4 Å². The standard InChI is InChI=1S/C23H28N6OS/c1-3-10-28-11-13-29(14-12-28)22-15-21(25-17(2)26-22)27-23-24-16-20(31-23)9-6-18-4-7-19(30)8-5-18/h4-9,15-16,30H,3,10-14H2,1-2H3,(H,24,25,26,27)/b9-6+. The molecule has 0 spiro atoms. The number of benzene rings is 1. The van der Waals surface area contributed by atoms with Crippen LogP contribution in [0.3, 0.4) is 0 Å². The molecule has 1 aromatic carbocycles. The number of piperazine rings is 1. The average molecular weight is 437 g/mol. The van der Waals surface area contributed by atoms with Gasteiger partial charge < -0.3 is 15.3 Å². The first-order chi connectivity index (χ1) is 15.1. The van der Waals surface area contributed by atoms with Crippen LogP contribution >= 0.6 is 11.3 Å². The Labute approximate surface area is 187 Å². The summed E-state index contributed by atoms with van der Waals surface area (Å²) in [7, 11) is 0. The molecule has 4 rings (SSSR count). The molecule has 0 unspecified atom stereocenters. The zero-order chi connectivity index (χ0) is 21.6. The third kappa shape index (κ3) is 5.80. The molecule has 3 aromatic rings. The van der Waals surface area contributed by atoms with Crippen LogP contribution < -0.4 is 10.2 Å². The molecule has 0 atom stereocenters. The van der Waals surface area contributed by atoms with Gasteiger partial charge >= 0.3 is 0 Å². The van der Waals surface area contributed by atoms with Crippen LogP contribution in [0, 0.1) is 6.92 Å². The van der Waals surface area contributed by atoms with E-state index in [2.05, 4.69) is 37.0 Å². The Morgan fingerprint density at radius 2 is 1.87 bits per heavy atom. The Morgan fingerprint density at radius 1 is 1.10 bits per heavy atom. The molecule has 2 aromatic heterocycles. The fourth-order valence-electron chi connectivity index (χ4n) is 3.59. The molecule has 1 fully saturated rings. The maximum absolute atomic E-state index is 9.39. The minimum atomic E-state index is 0.267. The molecule has 0 radical (unpaired) electrons. The molecule has 0 bridgehead atoms. The van der Waals surface area contributed by atoms with E-state index in [1.54, 1.807) is 23.5 Å². The third-order valence-corrected chi connectivity index (χ3v) is 6.03. The maximum Gasteiger partial charge on any atom is 0.188 e. The Kier molecular flexibility index (Phi) is 6.79. The molecule has 0 saturated carbocycles. The SMILES string of the molecule is CCCN1CCN(c2cc(Nc3ncc(/C=C/c4ccc(O)cc4)s3)nc(C)n2)CC1. The van der Waals surface area contributed by atoms with E-state index in [9.17, 15) is 5.11 Å². The number of thiazole rings is 1. The Balaban J connectivity index is 1.41. The lowest BCUT2D eigenvalue weighted by Gasteiger charge is -2.35. The van der Waals surface area contributed by atoms with E-state index in [0.29, 0.717) is 0 Å².